The Balaban J connectivity index is 0.00000312. The van der Waals surface area contributed by atoms with Crippen LogP contribution in [0.25, 0.3) is 0 Å². The lowest BCUT2D eigenvalue weighted by Gasteiger charge is -2.21. The molecule has 1 unspecified atom stereocenters. The van der Waals surface area contributed by atoms with Gasteiger partial charge in [-0.2, -0.15) is 0 Å². The lowest BCUT2D eigenvalue weighted by atomic mass is 9.99. The van der Waals surface area contributed by atoms with E-state index in [1.165, 1.54) is 19.1 Å². The highest BCUT2D eigenvalue weighted by atomic mass is 127. The van der Waals surface area contributed by atoms with Gasteiger partial charge in [0, 0.05) is 33.1 Å². The molecule has 140 valence electrons. The van der Waals surface area contributed by atoms with E-state index >= 15 is 0 Å². The Labute approximate surface area is 168 Å². The van der Waals surface area contributed by atoms with Crippen molar-refractivity contribution in [3.05, 3.63) is 35.9 Å². The van der Waals surface area contributed by atoms with E-state index in [1.807, 2.05) is 7.05 Å². The Hall–Kier alpha value is -1.31. The van der Waals surface area contributed by atoms with E-state index in [-0.39, 0.29) is 29.9 Å². The molecule has 1 N–H and O–H groups in total. The first-order valence-electron chi connectivity index (χ1n) is 8.79. The number of aliphatic imine (C=N–C) groups is 1. The summed E-state index contributed by atoms with van der Waals surface area (Å²) in [5.41, 5.74) is 1.41. The maximum Gasteiger partial charge on any atom is 0.305 e. The lowest BCUT2D eigenvalue weighted by Crippen LogP contribution is -2.40. The molecule has 6 heteroatoms. The largest absolute Gasteiger partial charge is 0.469 e. The molecule has 1 aromatic rings. The molecule has 0 amide bonds. The number of likely N-dealkylation sites (tertiary alicyclic amines) is 1. The van der Waals surface area contributed by atoms with Gasteiger partial charge in [-0.15, -0.1) is 24.0 Å². The van der Waals surface area contributed by atoms with Gasteiger partial charge in [-0.1, -0.05) is 30.3 Å². The van der Waals surface area contributed by atoms with Crippen molar-refractivity contribution in [2.45, 2.75) is 32.1 Å². The predicted octanol–water partition coefficient (Wildman–Crippen LogP) is 3.09. The molecular formula is C19H30IN3O2. The first-order chi connectivity index (χ1) is 11.7. The molecule has 2 rings (SSSR count). The van der Waals surface area contributed by atoms with Gasteiger partial charge in [-0.05, 0) is 37.2 Å². The molecule has 0 radical (unpaired) electrons. The Morgan fingerprint density at radius 2 is 2.08 bits per heavy atom. The van der Waals surface area contributed by atoms with E-state index < -0.39 is 0 Å². The van der Waals surface area contributed by atoms with E-state index in [0.29, 0.717) is 12.3 Å². The molecule has 1 atom stereocenters. The number of methoxy groups -OCH3 is 1. The third-order valence-electron chi connectivity index (χ3n) is 4.48. The van der Waals surface area contributed by atoms with Gasteiger partial charge in [0.15, 0.2) is 5.96 Å². The smallest absolute Gasteiger partial charge is 0.305 e. The zero-order valence-electron chi connectivity index (χ0n) is 15.2. The van der Waals surface area contributed by atoms with Crippen LogP contribution in [0, 0.1) is 5.92 Å². The van der Waals surface area contributed by atoms with E-state index in [1.54, 1.807) is 0 Å². The number of nitrogens with one attached hydrogen (secondary N) is 1. The van der Waals surface area contributed by atoms with Crippen molar-refractivity contribution in [1.29, 1.82) is 0 Å². The van der Waals surface area contributed by atoms with Crippen LogP contribution in [0.3, 0.4) is 0 Å². The fourth-order valence-electron chi connectivity index (χ4n) is 3.17. The number of benzene rings is 1. The zero-order chi connectivity index (χ0) is 17.2. The molecule has 1 aromatic carbocycles. The van der Waals surface area contributed by atoms with Gasteiger partial charge in [-0.3, -0.25) is 9.79 Å². The van der Waals surface area contributed by atoms with Crippen LogP contribution in [0.5, 0.6) is 0 Å². The molecule has 0 spiro atoms. The van der Waals surface area contributed by atoms with Crippen molar-refractivity contribution >= 4 is 35.9 Å². The molecule has 0 saturated carbocycles. The van der Waals surface area contributed by atoms with Crippen molar-refractivity contribution in [1.82, 2.24) is 10.2 Å². The van der Waals surface area contributed by atoms with Crippen LogP contribution in [0.15, 0.2) is 35.3 Å². The summed E-state index contributed by atoms with van der Waals surface area (Å²) in [7, 11) is 3.27. The summed E-state index contributed by atoms with van der Waals surface area (Å²) in [5.74, 6) is 1.52. The summed E-state index contributed by atoms with van der Waals surface area (Å²) in [5, 5.41) is 3.41. The van der Waals surface area contributed by atoms with Crippen molar-refractivity contribution in [2.75, 3.05) is 33.8 Å². The number of hydrogen-bond donors (Lipinski definition) is 1. The van der Waals surface area contributed by atoms with Gasteiger partial charge in [-0.25, -0.2) is 0 Å². The zero-order valence-corrected chi connectivity index (χ0v) is 17.6. The second-order valence-corrected chi connectivity index (χ2v) is 6.30. The average molecular weight is 459 g/mol. The summed E-state index contributed by atoms with van der Waals surface area (Å²) in [6.07, 6.45) is 4.60. The van der Waals surface area contributed by atoms with Crippen LogP contribution >= 0.6 is 24.0 Å². The number of carbonyl (C=O) groups excluding carboxylic acids is 1. The third kappa shape index (κ3) is 7.63. The van der Waals surface area contributed by atoms with Gasteiger partial charge in [0.25, 0.3) is 0 Å². The monoisotopic (exact) mass is 459 g/mol. The Morgan fingerprint density at radius 3 is 2.76 bits per heavy atom. The van der Waals surface area contributed by atoms with Crippen molar-refractivity contribution in [2.24, 2.45) is 10.9 Å². The molecule has 1 saturated heterocycles. The van der Waals surface area contributed by atoms with Gasteiger partial charge in [0.1, 0.15) is 0 Å². The normalized spacial score (nSPS) is 17.1. The van der Waals surface area contributed by atoms with Crippen molar-refractivity contribution in [3.8, 4) is 0 Å². The van der Waals surface area contributed by atoms with E-state index in [9.17, 15) is 4.79 Å². The van der Waals surface area contributed by atoms with Crippen LogP contribution in [0.2, 0.25) is 0 Å². The summed E-state index contributed by atoms with van der Waals surface area (Å²) in [6, 6.07) is 10.7. The summed E-state index contributed by atoms with van der Waals surface area (Å²) in [4.78, 5) is 17.8. The number of halogens is 1. The number of unbranched alkanes of at least 4 members (excludes halogenated alkanes) is 1. The minimum atomic E-state index is -0.136. The number of esters is 1. The molecule has 0 bridgehead atoms. The summed E-state index contributed by atoms with van der Waals surface area (Å²) >= 11 is 0. The first kappa shape index (κ1) is 21.7. The van der Waals surface area contributed by atoms with Crippen molar-refractivity contribution < 1.29 is 9.53 Å². The highest BCUT2D eigenvalue weighted by Crippen LogP contribution is 2.20. The number of guanidine groups is 1. The first-order valence-corrected chi connectivity index (χ1v) is 8.79. The van der Waals surface area contributed by atoms with E-state index in [4.69, 9.17) is 0 Å². The Morgan fingerprint density at radius 1 is 1.32 bits per heavy atom. The highest BCUT2D eigenvalue weighted by Gasteiger charge is 2.24. The average Bonchev–Trinajstić information content (AvgIpc) is 3.07. The minimum absolute atomic E-state index is 0. The standard InChI is InChI=1S/C19H29N3O2.HI/c1-20-19(21-12-7-6-10-18(23)24-2)22-13-11-17(15-22)14-16-8-4-3-5-9-16;/h3-5,8-9,17H,6-7,10-15H2,1-2H3,(H,20,21);1H. The summed E-state index contributed by atoms with van der Waals surface area (Å²) in [6.45, 7) is 2.94. The Bertz CT molecular complexity index is 537. The van der Waals surface area contributed by atoms with Crippen LogP contribution in [0.1, 0.15) is 31.2 Å². The molecular weight excluding hydrogens is 429 g/mol. The number of nitrogens with zero attached hydrogens (tertiary/aromatic N) is 2. The molecule has 5 nitrogen and oxygen atoms in total. The number of ether oxygens (including phenoxy) is 1. The van der Waals surface area contributed by atoms with Gasteiger partial charge < -0.3 is 15.0 Å². The molecule has 25 heavy (non-hydrogen) atoms. The van der Waals surface area contributed by atoms with Crippen LogP contribution < -0.4 is 5.32 Å². The molecule has 0 aromatic heterocycles. The number of carbonyl (C=O) groups is 1. The molecule has 1 aliphatic rings. The fourth-order valence-corrected chi connectivity index (χ4v) is 3.17. The number of hydrogen-bond acceptors (Lipinski definition) is 3. The highest BCUT2D eigenvalue weighted by molar-refractivity contribution is 14.0. The van der Waals surface area contributed by atoms with Gasteiger partial charge >= 0.3 is 5.97 Å². The topological polar surface area (TPSA) is 53.9 Å². The van der Waals surface area contributed by atoms with Gasteiger partial charge in [0.05, 0.1) is 7.11 Å². The minimum Gasteiger partial charge on any atom is -0.469 e. The maximum absolute atomic E-state index is 11.1. The van der Waals surface area contributed by atoms with Crippen LogP contribution in [0.4, 0.5) is 0 Å². The quantitative estimate of drug-likeness (QED) is 0.224. The third-order valence-corrected chi connectivity index (χ3v) is 4.48. The summed E-state index contributed by atoms with van der Waals surface area (Å²) < 4.78 is 4.65. The predicted molar refractivity (Wildman–Crippen MR) is 112 cm³/mol. The molecule has 1 aliphatic heterocycles. The Kier molecular flexibility index (Phi) is 10.5. The number of rotatable bonds is 7. The molecule has 0 aliphatic carbocycles. The second-order valence-electron chi connectivity index (χ2n) is 6.30. The van der Waals surface area contributed by atoms with Crippen LogP contribution in [-0.4, -0.2) is 50.6 Å². The molecule has 1 fully saturated rings. The van der Waals surface area contributed by atoms with Crippen molar-refractivity contribution in [3.63, 3.8) is 0 Å². The van der Waals surface area contributed by atoms with Crippen LogP contribution in [-0.2, 0) is 16.0 Å². The lowest BCUT2D eigenvalue weighted by molar-refractivity contribution is -0.140. The van der Waals surface area contributed by atoms with Gasteiger partial charge in [0.2, 0.25) is 0 Å². The fraction of sp³-hybridized carbons (Fsp3) is 0.579. The SMILES string of the molecule is CN=C(NCCCCC(=O)OC)N1CCC(Cc2ccccc2)C1.I. The second kappa shape index (κ2) is 12.1. The van der Waals surface area contributed by atoms with E-state index in [0.717, 1.165) is 44.9 Å². The van der Waals surface area contributed by atoms with E-state index in [2.05, 4.69) is 50.3 Å². The maximum atomic E-state index is 11.1. The molecule has 1 heterocycles.